The molecule has 6 heteroatoms. The number of unbranched alkanes of at least 4 members (excludes halogenated alkanes) is 15. The van der Waals surface area contributed by atoms with Gasteiger partial charge in [0.05, 0.1) is 13.2 Å². The van der Waals surface area contributed by atoms with Crippen LogP contribution in [0.15, 0.2) is 48.5 Å². The number of benzene rings is 2. The third kappa shape index (κ3) is 17.5. The molecule has 0 spiro atoms. The van der Waals surface area contributed by atoms with Gasteiger partial charge in [0.15, 0.2) is 11.6 Å². The highest BCUT2D eigenvalue weighted by Gasteiger charge is 2.25. The Kier molecular flexibility index (Phi) is 19.2. The third-order valence-corrected chi connectivity index (χ3v) is 8.41. The monoisotopic (exact) mass is 638 g/mol. The van der Waals surface area contributed by atoms with Gasteiger partial charge in [0.1, 0.15) is 11.2 Å². The van der Waals surface area contributed by atoms with E-state index in [-0.39, 0.29) is 11.6 Å². The topological polar surface area (TPSA) is 93.1 Å². The summed E-state index contributed by atoms with van der Waals surface area (Å²) in [6.45, 7) is 8.71. The van der Waals surface area contributed by atoms with Crippen LogP contribution in [0.2, 0.25) is 0 Å². The van der Waals surface area contributed by atoms with Crippen LogP contribution in [-0.2, 0) is 22.7 Å². The second-order valence-electron chi connectivity index (χ2n) is 13.9. The highest BCUT2D eigenvalue weighted by atomic mass is 16.5. The second-order valence-corrected chi connectivity index (χ2v) is 13.9. The van der Waals surface area contributed by atoms with Gasteiger partial charge in [-0.05, 0) is 51.7 Å². The smallest absolute Gasteiger partial charge is 0.193 e. The lowest BCUT2D eigenvalue weighted by molar-refractivity contribution is 0.0487. The molecule has 0 fully saturated rings. The molecule has 0 aliphatic heterocycles. The van der Waals surface area contributed by atoms with Crippen molar-refractivity contribution in [3.8, 4) is 0 Å². The number of carbonyl (C=O) groups is 2. The van der Waals surface area contributed by atoms with Gasteiger partial charge >= 0.3 is 0 Å². The summed E-state index contributed by atoms with van der Waals surface area (Å²) in [5, 5.41) is 19.7. The lowest BCUT2D eigenvalue weighted by Gasteiger charge is -2.15. The number of ether oxygens (including phenoxy) is 2. The second kappa shape index (κ2) is 22.2. The van der Waals surface area contributed by atoms with E-state index < -0.39 is 11.2 Å². The van der Waals surface area contributed by atoms with Gasteiger partial charge in [0.2, 0.25) is 0 Å². The molecule has 0 saturated carbocycles. The van der Waals surface area contributed by atoms with Gasteiger partial charge in [-0.3, -0.25) is 9.59 Å². The number of carbonyl (C=O) groups excluding carboxylic acids is 2. The lowest BCUT2D eigenvalue weighted by Crippen LogP contribution is -2.31. The predicted octanol–water partition coefficient (Wildman–Crippen LogP) is 9.57. The molecule has 2 aromatic carbocycles. The van der Waals surface area contributed by atoms with Crippen molar-refractivity contribution in [2.45, 2.75) is 155 Å². The number of Topliss-reactive ketones (excluding diaryl/α,β-unsaturated/α-hetero) is 2. The van der Waals surface area contributed by atoms with Crippen molar-refractivity contribution in [1.29, 1.82) is 0 Å². The van der Waals surface area contributed by atoms with Gasteiger partial charge in [0.25, 0.3) is 0 Å². The summed E-state index contributed by atoms with van der Waals surface area (Å²) < 4.78 is 11.6. The van der Waals surface area contributed by atoms with Gasteiger partial charge < -0.3 is 19.7 Å². The highest BCUT2D eigenvalue weighted by molar-refractivity contribution is 6.02. The summed E-state index contributed by atoms with van der Waals surface area (Å²) in [4.78, 5) is 24.2. The van der Waals surface area contributed by atoms with E-state index in [0.29, 0.717) is 24.3 Å². The number of hydrogen-bond acceptors (Lipinski definition) is 6. The molecule has 0 heterocycles. The van der Waals surface area contributed by atoms with Crippen molar-refractivity contribution in [2.24, 2.45) is 0 Å². The van der Waals surface area contributed by atoms with E-state index >= 15 is 0 Å². The van der Waals surface area contributed by atoms with E-state index in [0.717, 1.165) is 37.2 Å². The maximum atomic E-state index is 12.1. The summed E-state index contributed by atoms with van der Waals surface area (Å²) in [6.07, 6.45) is 20.7. The highest BCUT2D eigenvalue weighted by Crippen LogP contribution is 2.17. The van der Waals surface area contributed by atoms with Crippen molar-refractivity contribution in [3.05, 3.63) is 70.8 Å². The Morgan fingerprint density at radius 2 is 0.696 bits per heavy atom. The Hall–Kier alpha value is -2.38. The van der Waals surface area contributed by atoms with Gasteiger partial charge in [-0.15, -0.1) is 0 Å². The Bertz CT molecular complexity index is 1000. The summed E-state index contributed by atoms with van der Waals surface area (Å²) in [5.41, 5.74) is 0.461. The van der Waals surface area contributed by atoms with Gasteiger partial charge in [-0.2, -0.15) is 0 Å². The molecule has 0 aliphatic rings. The van der Waals surface area contributed by atoms with E-state index in [4.69, 9.17) is 9.47 Å². The SMILES string of the molecule is CC(C)(O)C(=O)c1ccc(COCCCCCCCCCCCCCCCCCCOCc2ccc(C(=O)C(C)(C)O)cc2)cc1. The Morgan fingerprint density at radius 1 is 0.457 bits per heavy atom. The number of aliphatic hydroxyl groups is 2. The van der Waals surface area contributed by atoms with Crippen LogP contribution in [0.5, 0.6) is 0 Å². The molecular weight excluding hydrogens is 576 g/mol. The van der Waals surface area contributed by atoms with Crippen LogP contribution in [0, 0.1) is 0 Å². The summed E-state index contributed by atoms with van der Waals surface area (Å²) in [6, 6.07) is 14.7. The number of hydrogen-bond donors (Lipinski definition) is 2. The molecule has 0 saturated heterocycles. The minimum Gasteiger partial charge on any atom is -0.382 e. The maximum absolute atomic E-state index is 12.1. The van der Waals surface area contributed by atoms with Crippen molar-refractivity contribution < 1.29 is 29.3 Å². The first-order chi connectivity index (χ1) is 22.0. The number of rotatable bonds is 27. The fourth-order valence-electron chi connectivity index (χ4n) is 5.47. The molecule has 2 N–H and O–H groups in total. The molecular formula is C40H62O6. The van der Waals surface area contributed by atoms with Crippen LogP contribution in [0.1, 0.15) is 162 Å². The first-order valence-electron chi connectivity index (χ1n) is 17.9. The van der Waals surface area contributed by atoms with Crippen molar-refractivity contribution in [2.75, 3.05) is 13.2 Å². The van der Waals surface area contributed by atoms with Crippen molar-refractivity contribution in [3.63, 3.8) is 0 Å². The molecule has 0 atom stereocenters. The lowest BCUT2D eigenvalue weighted by atomic mass is 9.96. The molecule has 46 heavy (non-hydrogen) atoms. The van der Waals surface area contributed by atoms with E-state index in [2.05, 4.69) is 0 Å². The zero-order valence-corrected chi connectivity index (χ0v) is 29.3. The molecule has 2 aromatic rings. The van der Waals surface area contributed by atoms with Gasteiger partial charge in [-0.25, -0.2) is 0 Å². The molecule has 0 radical (unpaired) electrons. The molecule has 258 valence electrons. The molecule has 0 aromatic heterocycles. The fraction of sp³-hybridized carbons (Fsp3) is 0.650. The van der Waals surface area contributed by atoms with E-state index in [1.54, 1.807) is 24.3 Å². The van der Waals surface area contributed by atoms with E-state index in [1.165, 1.54) is 118 Å². The van der Waals surface area contributed by atoms with E-state index in [1.807, 2.05) is 24.3 Å². The molecule has 0 unspecified atom stereocenters. The third-order valence-electron chi connectivity index (χ3n) is 8.41. The largest absolute Gasteiger partial charge is 0.382 e. The standard InChI is InChI=1S/C40H62O6/c1-39(2,43)37(41)35-25-21-33(22-26-35)31-45-29-19-17-15-13-11-9-7-5-6-8-10-12-14-16-18-20-30-46-32-34-23-27-36(28-24-34)38(42)40(3,4)44/h21-28,43-44H,5-20,29-32H2,1-4H3. The molecule has 0 bridgehead atoms. The van der Waals surface area contributed by atoms with Crippen LogP contribution in [0.25, 0.3) is 0 Å². The zero-order valence-electron chi connectivity index (χ0n) is 29.3. The first kappa shape index (κ1) is 39.8. The van der Waals surface area contributed by atoms with Crippen LogP contribution in [0.4, 0.5) is 0 Å². The van der Waals surface area contributed by atoms with Crippen LogP contribution in [-0.4, -0.2) is 46.2 Å². The summed E-state index contributed by atoms with van der Waals surface area (Å²) in [5.74, 6) is -0.528. The van der Waals surface area contributed by atoms with Crippen LogP contribution >= 0.6 is 0 Å². The van der Waals surface area contributed by atoms with E-state index in [9.17, 15) is 19.8 Å². The normalized spacial score (nSPS) is 12.0. The molecule has 0 amide bonds. The minimum absolute atomic E-state index is 0.264. The Balaban J connectivity index is 1.29. The average Bonchev–Trinajstić information content (AvgIpc) is 3.02. The van der Waals surface area contributed by atoms with Crippen LogP contribution in [0.3, 0.4) is 0 Å². The van der Waals surface area contributed by atoms with Crippen LogP contribution < -0.4 is 0 Å². The minimum atomic E-state index is -1.35. The zero-order chi connectivity index (χ0) is 33.7. The molecule has 6 nitrogen and oxygen atoms in total. The Morgan fingerprint density at radius 3 is 0.935 bits per heavy atom. The molecule has 2 rings (SSSR count). The van der Waals surface area contributed by atoms with Gasteiger partial charge in [-0.1, -0.05) is 138 Å². The summed E-state index contributed by atoms with van der Waals surface area (Å²) in [7, 11) is 0. The van der Waals surface area contributed by atoms with Crippen molar-refractivity contribution >= 4 is 11.6 Å². The predicted molar refractivity (Wildman–Crippen MR) is 187 cm³/mol. The maximum Gasteiger partial charge on any atom is 0.193 e. The molecule has 0 aliphatic carbocycles. The summed E-state index contributed by atoms with van der Waals surface area (Å²) >= 11 is 0. The average molecular weight is 639 g/mol. The Labute approximate surface area is 279 Å². The quantitative estimate of drug-likeness (QED) is 0.0748. The van der Waals surface area contributed by atoms with Gasteiger partial charge in [0, 0.05) is 24.3 Å². The first-order valence-corrected chi connectivity index (χ1v) is 17.9. The van der Waals surface area contributed by atoms with Crippen molar-refractivity contribution in [1.82, 2.24) is 0 Å². The fourth-order valence-corrected chi connectivity index (χ4v) is 5.47. The number of ketones is 2.